The van der Waals surface area contributed by atoms with Crippen LogP contribution in [0.15, 0.2) is 47.5 Å². The molecule has 6 nitrogen and oxygen atoms in total. The summed E-state index contributed by atoms with van der Waals surface area (Å²) >= 11 is 1.42. The molecule has 0 atom stereocenters. The first-order chi connectivity index (χ1) is 12.2. The van der Waals surface area contributed by atoms with Gasteiger partial charge in [0, 0.05) is 11.8 Å². The van der Waals surface area contributed by atoms with Crippen LogP contribution in [0.1, 0.15) is 15.9 Å². The fourth-order valence-corrected chi connectivity index (χ4v) is 2.95. The van der Waals surface area contributed by atoms with Crippen molar-refractivity contribution in [1.82, 2.24) is 0 Å². The van der Waals surface area contributed by atoms with Gasteiger partial charge in [-0.25, -0.2) is 9.79 Å². The monoisotopic (exact) mass is 394 g/mol. The van der Waals surface area contributed by atoms with Gasteiger partial charge >= 0.3 is 5.97 Å². The minimum atomic E-state index is -0.348. The van der Waals surface area contributed by atoms with Gasteiger partial charge in [-0.1, -0.05) is 23.9 Å². The first kappa shape index (κ1) is 19.9. The number of methoxy groups -OCH3 is 1. The van der Waals surface area contributed by atoms with E-state index in [0.29, 0.717) is 35.4 Å². The zero-order valence-corrected chi connectivity index (χ0v) is 15.8. The molecule has 0 aromatic heterocycles. The zero-order chi connectivity index (χ0) is 17.6. The summed E-state index contributed by atoms with van der Waals surface area (Å²) in [4.78, 5) is 15.8. The fraction of sp³-hybridized carbons (Fsp3) is 0.222. The maximum atomic E-state index is 11.4. The Labute approximate surface area is 162 Å². The third-order valence-corrected chi connectivity index (χ3v) is 4.39. The highest BCUT2D eigenvalue weighted by Crippen LogP contribution is 2.33. The number of carbonyl (C=O) groups excluding carboxylic acids is 1. The second kappa shape index (κ2) is 9.35. The molecule has 0 radical (unpaired) electrons. The van der Waals surface area contributed by atoms with Gasteiger partial charge in [0.1, 0.15) is 13.2 Å². The van der Waals surface area contributed by atoms with Crippen molar-refractivity contribution >= 4 is 41.0 Å². The van der Waals surface area contributed by atoms with Crippen molar-refractivity contribution in [3.8, 4) is 11.5 Å². The Morgan fingerprint density at radius 2 is 1.85 bits per heavy atom. The molecule has 2 aromatic rings. The number of fused-ring (bicyclic) bond motifs is 1. The van der Waals surface area contributed by atoms with E-state index in [4.69, 9.17) is 15.2 Å². The van der Waals surface area contributed by atoms with Crippen LogP contribution >= 0.6 is 24.2 Å². The molecule has 1 aliphatic heterocycles. The van der Waals surface area contributed by atoms with Crippen LogP contribution in [0.25, 0.3) is 0 Å². The average Bonchev–Trinajstić information content (AvgIpc) is 2.66. The smallest absolute Gasteiger partial charge is 0.337 e. The van der Waals surface area contributed by atoms with E-state index in [1.165, 1.54) is 18.9 Å². The van der Waals surface area contributed by atoms with Crippen molar-refractivity contribution in [3.63, 3.8) is 0 Å². The number of nitrogens with two attached hydrogens (primary N) is 1. The lowest BCUT2D eigenvalue weighted by molar-refractivity contribution is 0.0600. The largest absolute Gasteiger partial charge is 0.486 e. The molecule has 26 heavy (non-hydrogen) atoms. The summed E-state index contributed by atoms with van der Waals surface area (Å²) in [6.45, 7) is 1.09. The topological polar surface area (TPSA) is 83.1 Å². The fourth-order valence-electron chi connectivity index (χ4n) is 2.27. The summed E-state index contributed by atoms with van der Waals surface area (Å²) in [5.74, 6) is 1.71. The number of benzene rings is 2. The van der Waals surface area contributed by atoms with Crippen LogP contribution in [-0.2, 0) is 10.5 Å². The van der Waals surface area contributed by atoms with Crippen molar-refractivity contribution in [1.29, 1.82) is 0 Å². The van der Waals surface area contributed by atoms with Crippen LogP contribution in [0.4, 0.5) is 5.69 Å². The Kier molecular flexibility index (Phi) is 7.17. The Hall–Kier alpha value is -2.38. The molecule has 3 rings (SSSR count). The van der Waals surface area contributed by atoms with Crippen molar-refractivity contribution in [3.05, 3.63) is 53.6 Å². The van der Waals surface area contributed by atoms with Gasteiger partial charge in [0.15, 0.2) is 16.7 Å². The number of ether oxygens (including phenoxy) is 3. The summed E-state index contributed by atoms with van der Waals surface area (Å²) in [7, 11) is 1.36. The summed E-state index contributed by atoms with van der Waals surface area (Å²) in [5.41, 5.74) is 8.28. The molecule has 0 saturated carbocycles. The SMILES string of the molecule is COC(=O)c1ccc(CSC(N)=Nc2ccc3c(c2)OCCO3)cc1.Cl. The lowest BCUT2D eigenvalue weighted by atomic mass is 10.1. The number of rotatable bonds is 4. The maximum absolute atomic E-state index is 11.4. The lowest BCUT2D eigenvalue weighted by Crippen LogP contribution is -2.15. The van der Waals surface area contributed by atoms with E-state index in [-0.39, 0.29) is 18.4 Å². The van der Waals surface area contributed by atoms with Crippen LogP contribution in [0.3, 0.4) is 0 Å². The maximum Gasteiger partial charge on any atom is 0.337 e. The van der Waals surface area contributed by atoms with E-state index in [1.807, 2.05) is 30.3 Å². The van der Waals surface area contributed by atoms with Gasteiger partial charge < -0.3 is 19.9 Å². The predicted molar refractivity (Wildman–Crippen MR) is 105 cm³/mol. The first-order valence-corrected chi connectivity index (χ1v) is 8.68. The van der Waals surface area contributed by atoms with Gasteiger partial charge in [-0.05, 0) is 29.8 Å². The third kappa shape index (κ3) is 5.06. The summed E-state index contributed by atoms with van der Waals surface area (Å²) in [5, 5.41) is 0.453. The van der Waals surface area contributed by atoms with Crippen LogP contribution in [-0.4, -0.2) is 31.5 Å². The molecule has 0 saturated heterocycles. The van der Waals surface area contributed by atoms with Crippen molar-refractivity contribution in [2.45, 2.75) is 5.75 Å². The van der Waals surface area contributed by atoms with Gasteiger partial charge in [0.25, 0.3) is 0 Å². The normalized spacial score (nSPS) is 12.9. The van der Waals surface area contributed by atoms with E-state index in [1.54, 1.807) is 12.1 Å². The van der Waals surface area contributed by atoms with Gasteiger partial charge in [-0.15, -0.1) is 12.4 Å². The number of esters is 1. The molecule has 1 heterocycles. The summed E-state index contributed by atoms with van der Waals surface area (Å²) < 4.78 is 15.7. The number of carbonyl (C=O) groups is 1. The van der Waals surface area contributed by atoms with Crippen molar-refractivity contribution in [2.24, 2.45) is 10.7 Å². The molecule has 0 spiro atoms. The van der Waals surface area contributed by atoms with Crippen LogP contribution in [0, 0.1) is 0 Å². The number of hydrogen-bond donors (Lipinski definition) is 1. The van der Waals surface area contributed by atoms with E-state index in [2.05, 4.69) is 9.73 Å². The lowest BCUT2D eigenvalue weighted by Gasteiger charge is -2.18. The molecule has 2 N–H and O–H groups in total. The quantitative estimate of drug-likeness (QED) is 0.485. The van der Waals surface area contributed by atoms with Gasteiger partial charge in [0.2, 0.25) is 0 Å². The number of amidine groups is 1. The van der Waals surface area contributed by atoms with Gasteiger partial charge in [-0.2, -0.15) is 0 Å². The highest BCUT2D eigenvalue weighted by atomic mass is 35.5. The zero-order valence-electron chi connectivity index (χ0n) is 14.1. The van der Waals surface area contributed by atoms with E-state index in [0.717, 1.165) is 17.0 Å². The highest BCUT2D eigenvalue weighted by Gasteiger charge is 2.11. The van der Waals surface area contributed by atoms with E-state index in [9.17, 15) is 4.79 Å². The molecule has 0 fully saturated rings. The predicted octanol–water partition coefficient (Wildman–Crippen LogP) is 3.55. The molecule has 2 aromatic carbocycles. The van der Waals surface area contributed by atoms with Crippen LogP contribution < -0.4 is 15.2 Å². The summed E-state index contributed by atoms with van der Waals surface area (Å²) in [6.07, 6.45) is 0. The second-order valence-electron chi connectivity index (χ2n) is 5.26. The van der Waals surface area contributed by atoms with E-state index < -0.39 is 0 Å². The highest BCUT2D eigenvalue weighted by molar-refractivity contribution is 8.13. The van der Waals surface area contributed by atoms with Crippen molar-refractivity contribution < 1.29 is 19.0 Å². The Balaban J connectivity index is 0.00000243. The molecular weight excluding hydrogens is 376 g/mol. The third-order valence-electron chi connectivity index (χ3n) is 3.53. The Bertz CT molecular complexity index is 796. The molecule has 8 heteroatoms. The molecule has 0 aliphatic carbocycles. The van der Waals surface area contributed by atoms with Gasteiger partial charge in [0.05, 0.1) is 18.4 Å². The summed E-state index contributed by atoms with van der Waals surface area (Å²) in [6, 6.07) is 12.7. The average molecular weight is 395 g/mol. The molecule has 138 valence electrons. The number of hydrogen-bond acceptors (Lipinski definition) is 6. The molecule has 0 amide bonds. The van der Waals surface area contributed by atoms with Crippen LogP contribution in [0.2, 0.25) is 0 Å². The number of thioether (sulfide) groups is 1. The number of aliphatic imine (C=N–C) groups is 1. The number of halogens is 1. The minimum absolute atomic E-state index is 0. The first-order valence-electron chi connectivity index (χ1n) is 7.69. The molecule has 0 unspecified atom stereocenters. The standard InChI is InChI=1S/C18H18N2O4S.ClH/c1-22-17(21)13-4-2-12(3-5-13)11-25-18(19)20-14-6-7-15-16(10-14)24-9-8-23-15;/h2-7,10H,8-9,11H2,1H3,(H2,19,20);1H. The van der Waals surface area contributed by atoms with Crippen molar-refractivity contribution in [2.75, 3.05) is 20.3 Å². The Morgan fingerprint density at radius 1 is 1.15 bits per heavy atom. The van der Waals surface area contributed by atoms with E-state index >= 15 is 0 Å². The Morgan fingerprint density at radius 3 is 2.54 bits per heavy atom. The van der Waals surface area contributed by atoms with Gasteiger partial charge in [-0.3, -0.25) is 0 Å². The minimum Gasteiger partial charge on any atom is -0.486 e. The van der Waals surface area contributed by atoms with Crippen LogP contribution in [0.5, 0.6) is 11.5 Å². The number of nitrogens with zero attached hydrogens (tertiary/aromatic N) is 1. The molecule has 0 bridgehead atoms. The second-order valence-corrected chi connectivity index (χ2v) is 6.25. The molecule has 1 aliphatic rings. The molecular formula is C18H19ClN2O4S.